The molecule has 2 fully saturated rings. The molecule has 1 atom stereocenters. The first-order valence-electron chi connectivity index (χ1n) is 12.3. The maximum Gasteiger partial charge on any atom is 0.407 e. The highest BCUT2D eigenvalue weighted by Gasteiger charge is 2.31. The van der Waals surface area contributed by atoms with Crippen LogP contribution in [0.15, 0.2) is 48.7 Å². The summed E-state index contributed by atoms with van der Waals surface area (Å²) in [5.41, 5.74) is 3.98. The molecule has 3 aliphatic rings. The Balaban J connectivity index is 1.21. The number of carbonyl (C=O) groups is 1. The van der Waals surface area contributed by atoms with Crippen molar-refractivity contribution in [2.24, 2.45) is 0 Å². The van der Waals surface area contributed by atoms with Gasteiger partial charge in [0.2, 0.25) is 0 Å². The van der Waals surface area contributed by atoms with Gasteiger partial charge in [-0.3, -0.25) is 4.90 Å². The molecule has 8 nitrogen and oxygen atoms in total. The Hall–Kier alpha value is -3.46. The van der Waals surface area contributed by atoms with Gasteiger partial charge in [0.25, 0.3) is 0 Å². The SMILES string of the molecule is O=C(O)N1CCC(N2CC=C(c3cnc4ccc(N5CCC[C@@H]5c5cccc(F)c5)nn34)C2)CC1. The molecule has 182 valence electrons. The Bertz CT molecular complexity index is 1280. The van der Waals surface area contributed by atoms with Crippen molar-refractivity contribution in [3.8, 4) is 0 Å². The molecule has 1 aromatic carbocycles. The fourth-order valence-corrected chi connectivity index (χ4v) is 5.80. The smallest absolute Gasteiger partial charge is 0.407 e. The normalized spacial score (nSPS) is 21.7. The topological polar surface area (TPSA) is 77.2 Å². The van der Waals surface area contributed by atoms with Crippen molar-refractivity contribution < 1.29 is 14.3 Å². The van der Waals surface area contributed by atoms with Crippen molar-refractivity contribution in [2.45, 2.75) is 37.8 Å². The zero-order chi connectivity index (χ0) is 23.9. The molecule has 0 radical (unpaired) electrons. The average molecular weight is 477 g/mol. The second-order valence-electron chi connectivity index (χ2n) is 9.67. The Morgan fingerprint density at radius 1 is 1.09 bits per heavy atom. The van der Waals surface area contributed by atoms with Gasteiger partial charge >= 0.3 is 6.09 Å². The molecule has 5 heterocycles. The number of amides is 1. The largest absolute Gasteiger partial charge is 0.465 e. The zero-order valence-electron chi connectivity index (χ0n) is 19.6. The standard InChI is InChI=1S/C26H29FN6O2/c27-20-4-1-3-18(15-20)22-5-2-11-32(22)25-7-6-24-28-16-23(33(24)29-25)19-8-12-31(17-19)21-9-13-30(14-10-21)26(34)35/h1,3-4,6-8,15-16,21-22H,2,5,9-14,17H2,(H,34,35)/t22-/m1/s1. The lowest BCUT2D eigenvalue weighted by atomic mass is 10.0. The van der Waals surface area contributed by atoms with Crippen molar-refractivity contribution in [3.63, 3.8) is 0 Å². The summed E-state index contributed by atoms with van der Waals surface area (Å²) in [5.74, 6) is 0.668. The molecular weight excluding hydrogens is 447 g/mol. The molecule has 1 amide bonds. The van der Waals surface area contributed by atoms with Gasteiger partial charge in [-0.2, -0.15) is 0 Å². The summed E-state index contributed by atoms with van der Waals surface area (Å²) in [7, 11) is 0. The molecule has 2 saturated heterocycles. The third kappa shape index (κ3) is 4.14. The number of nitrogens with zero attached hydrogens (tertiary/aromatic N) is 6. The van der Waals surface area contributed by atoms with Crippen molar-refractivity contribution in [1.82, 2.24) is 24.4 Å². The minimum absolute atomic E-state index is 0.112. The van der Waals surface area contributed by atoms with Crippen LogP contribution in [0.3, 0.4) is 0 Å². The monoisotopic (exact) mass is 476 g/mol. The molecule has 0 bridgehead atoms. The maximum atomic E-state index is 13.9. The maximum absolute atomic E-state index is 13.9. The molecule has 0 saturated carbocycles. The van der Waals surface area contributed by atoms with Crippen LogP contribution in [0.4, 0.5) is 15.0 Å². The van der Waals surface area contributed by atoms with E-state index in [0.29, 0.717) is 19.1 Å². The molecule has 0 unspecified atom stereocenters. The van der Waals surface area contributed by atoms with E-state index < -0.39 is 6.09 Å². The van der Waals surface area contributed by atoms with E-state index in [-0.39, 0.29) is 11.9 Å². The second-order valence-corrected chi connectivity index (χ2v) is 9.67. The Morgan fingerprint density at radius 2 is 1.94 bits per heavy atom. The average Bonchev–Trinajstić information content (AvgIpc) is 3.63. The molecule has 35 heavy (non-hydrogen) atoms. The van der Waals surface area contributed by atoms with E-state index in [1.165, 1.54) is 16.5 Å². The van der Waals surface area contributed by atoms with Crippen LogP contribution >= 0.6 is 0 Å². The quantitative estimate of drug-likeness (QED) is 0.612. The number of fused-ring (bicyclic) bond motifs is 1. The summed E-state index contributed by atoms with van der Waals surface area (Å²) in [4.78, 5) is 22.0. The number of likely N-dealkylation sites (tertiary alicyclic amines) is 1. The number of hydrogen-bond donors (Lipinski definition) is 1. The summed E-state index contributed by atoms with van der Waals surface area (Å²) in [6.45, 7) is 3.74. The van der Waals surface area contributed by atoms with E-state index in [1.807, 2.05) is 28.9 Å². The van der Waals surface area contributed by atoms with Crippen LogP contribution < -0.4 is 4.90 Å². The molecule has 1 N–H and O–H groups in total. The number of benzene rings is 1. The zero-order valence-corrected chi connectivity index (χ0v) is 19.6. The van der Waals surface area contributed by atoms with E-state index >= 15 is 0 Å². The van der Waals surface area contributed by atoms with Crippen LogP contribution in [0.2, 0.25) is 0 Å². The number of halogens is 1. The van der Waals surface area contributed by atoms with E-state index in [4.69, 9.17) is 5.10 Å². The number of aromatic nitrogens is 3. The predicted octanol–water partition coefficient (Wildman–Crippen LogP) is 4.05. The van der Waals surface area contributed by atoms with Crippen molar-refractivity contribution in [2.75, 3.05) is 37.6 Å². The number of imidazole rings is 1. The summed E-state index contributed by atoms with van der Waals surface area (Å²) in [5, 5.41) is 14.2. The van der Waals surface area contributed by atoms with Gasteiger partial charge in [-0.05, 0) is 61.1 Å². The van der Waals surface area contributed by atoms with Gasteiger partial charge in [-0.15, -0.1) is 5.10 Å². The lowest BCUT2D eigenvalue weighted by Gasteiger charge is -2.35. The Labute approximate surface area is 203 Å². The minimum atomic E-state index is -0.825. The molecule has 0 spiro atoms. The van der Waals surface area contributed by atoms with Crippen LogP contribution in [0.5, 0.6) is 0 Å². The highest BCUT2D eigenvalue weighted by Crippen LogP contribution is 2.36. The fraction of sp³-hybridized carbons (Fsp3) is 0.423. The number of hydrogen-bond acceptors (Lipinski definition) is 5. The van der Waals surface area contributed by atoms with Gasteiger partial charge in [0.05, 0.1) is 17.9 Å². The molecule has 2 aromatic heterocycles. The minimum Gasteiger partial charge on any atom is -0.465 e. The molecule has 6 rings (SSSR count). The Kier molecular flexibility index (Phi) is 5.64. The van der Waals surface area contributed by atoms with Crippen LogP contribution in [-0.2, 0) is 0 Å². The van der Waals surface area contributed by atoms with E-state index in [2.05, 4.69) is 20.9 Å². The highest BCUT2D eigenvalue weighted by molar-refractivity contribution is 5.69. The first-order valence-corrected chi connectivity index (χ1v) is 12.3. The molecule has 9 heteroatoms. The van der Waals surface area contributed by atoms with Crippen molar-refractivity contribution in [3.05, 3.63) is 65.7 Å². The van der Waals surface area contributed by atoms with Crippen molar-refractivity contribution in [1.29, 1.82) is 0 Å². The first kappa shape index (κ1) is 22.0. The third-order valence-corrected chi connectivity index (χ3v) is 7.65. The molecular formula is C26H29FN6O2. The van der Waals surface area contributed by atoms with Crippen molar-refractivity contribution >= 4 is 23.1 Å². The lowest BCUT2D eigenvalue weighted by Crippen LogP contribution is -2.45. The number of anilines is 1. The van der Waals surface area contributed by atoms with Crippen LogP contribution in [0.1, 0.15) is 43.0 Å². The summed E-state index contributed by atoms with van der Waals surface area (Å²) >= 11 is 0. The first-order chi connectivity index (χ1) is 17.1. The predicted molar refractivity (Wildman–Crippen MR) is 131 cm³/mol. The van der Waals surface area contributed by atoms with E-state index in [9.17, 15) is 14.3 Å². The molecule has 3 aliphatic heterocycles. The molecule has 3 aromatic rings. The van der Waals surface area contributed by atoms with E-state index in [1.54, 1.807) is 12.1 Å². The Morgan fingerprint density at radius 3 is 2.74 bits per heavy atom. The van der Waals surface area contributed by atoms with Gasteiger partial charge in [-0.25, -0.2) is 18.7 Å². The highest BCUT2D eigenvalue weighted by atomic mass is 19.1. The fourth-order valence-electron chi connectivity index (χ4n) is 5.80. The lowest BCUT2D eigenvalue weighted by molar-refractivity contribution is 0.107. The van der Waals surface area contributed by atoms with Gasteiger partial charge in [0, 0.05) is 38.8 Å². The second kappa shape index (κ2) is 8.96. The van der Waals surface area contributed by atoms with Gasteiger partial charge in [0.1, 0.15) is 11.6 Å². The van der Waals surface area contributed by atoms with Gasteiger partial charge < -0.3 is 14.9 Å². The number of rotatable bonds is 4. The van der Waals surface area contributed by atoms with Gasteiger partial charge in [-0.1, -0.05) is 18.2 Å². The summed E-state index contributed by atoms with van der Waals surface area (Å²) < 4.78 is 15.8. The van der Waals surface area contributed by atoms with Gasteiger partial charge in [0.15, 0.2) is 5.65 Å². The number of piperidine rings is 1. The summed E-state index contributed by atoms with van der Waals surface area (Å²) in [6, 6.07) is 11.4. The molecule has 0 aliphatic carbocycles. The third-order valence-electron chi connectivity index (χ3n) is 7.65. The van der Waals surface area contributed by atoms with Crippen LogP contribution in [0, 0.1) is 5.82 Å². The van der Waals surface area contributed by atoms with Crippen LogP contribution in [-0.4, -0.2) is 74.4 Å². The van der Waals surface area contributed by atoms with Crippen LogP contribution in [0.25, 0.3) is 11.2 Å². The summed E-state index contributed by atoms with van der Waals surface area (Å²) in [6.07, 6.45) is 7.04. The number of carboxylic acid groups (broad SMARTS) is 1. The van der Waals surface area contributed by atoms with E-state index in [0.717, 1.165) is 68.0 Å².